The molecule has 0 saturated carbocycles. The van der Waals surface area contributed by atoms with Crippen LogP contribution in [-0.4, -0.2) is 44.9 Å². The van der Waals surface area contributed by atoms with E-state index in [0.29, 0.717) is 69.4 Å². The first-order valence-electron chi connectivity index (χ1n) is 45.9. The number of hydrogen-bond acceptors (Lipinski definition) is 13. The van der Waals surface area contributed by atoms with Crippen LogP contribution in [0.2, 0.25) is 0 Å². The molecule has 3 aliphatic rings. The van der Waals surface area contributed by atoms with Gasteiger partial charge in [0, 0.05) is 83.4 Å². The Bertz CT molecular complexity index is 7780. The molecule has 0 atom stereocenters. The summed E-state index contributed by atoms with van der Waals surface area (Å²) < 4.78 is 0. The highest BCUT2D eigenvalue weighted by atomic mass is 15.2. The molecular weight excluding hydrogens is 1690 g/mol. The number of benzene rings is 17. The maximum atomic E-state index is 9.26. The van der Waals surface area contributed by atoms with Crippen LogP contribution in [0.25, 0.3) is 134 Å². The van der Waals surface area contributed by atoms with Crippen molar-refractivity contribution >= 4 is 62.6 Å². The van der Waals surface area contributed by atoms with Crippen LogP contribution in [0.5, 0.6) is 0 Å². The highest BCUT2D eigenvalue weighted by Crippen LogP contribution is 2.56. The van der Waals surface area contributed by atoms with Gasteiger partial charge in [-0.1, -0.05) is 327 Å². The Labute approximate surface area is 803 Å². The van der Waals surface area contributed by atoms with Gasteiger partial charge in [-0.15, -0.1) is 0 Å². The molecule has 0 amide bonds. The molecule has 6 heterocycles. The number of nitrogens with zero attached hydrogens (tertiary/aromatic N) is 15. The number of para-hydroxylation sites is 6. The minimum absolute atomic E-state index is 0.105. The summed E-state index contributed by atoms with van der Waals surface area (Å²) >= 11 is 0. The lowest BCUT2D eigenvalue weighted by molar-refractivity contribution is 0.632. The van der Waals surface area contributed by atoms with Gasteiger partial charge in [-0.05, 0) is 201 Å². The summed E-state index contributed by atoms with van der Waals surface area (Å²) in [6, 6.07) is 149. The fourth-order valence-corrected chi connectivity index (χ4v) is 19.0. The second-order valence-electron chi connectivity index (χ2n) is 35.8. The largest absolute Gasteiger partial charge is 0.310 e. The molecule has 0 aliphatic carbocycles. The summed E-state index contributed by atoms with van der Waals surface area (Å²) in [7, 11) is 0. The van der Waals surface area contributed by atoms with Crippen LogP contribution in [-0.2, 0) is 16.2 Å². The Hall–Kier alpha value is -18.4. The zero-order chi connectivity index (χ0) is 94.0. The topological polar surface area (TPSA) is 158 Å². The van der Waals surface area contributed by atoms with Crippen LogP contribution in [0.3, 0.4) is 0 Å². The summed E-state index contributed by atoms with van der Waals surface area (Å²) in [5.74, 6) is 5.22. The third-order valence-corrected chi connectivity index (χ3v) is 26.2. The second kappa shape index (κ2) is 36.7. The molecule has 0 spiro atoms. The van der Waals surface area contributed by atoms with Gasteiger partial charge in [0.25, 0.3) is 0 Å². The highest BCUT2D eigenvalue weighted by molar-refractivity contribution is 5.91. The Kier molecular flexibility index (Phi) is 22.9. The standard InChI is InChI=1S/C48H36N4.C38H26N6.C37H27N5/c1-48(2)41-23-9-11-25-43(41)52(44-26-12-10-24-42(44)48)40-29-27-35(28-30-40)45-49-46(38-21-13-19-36(31-38)33-15-5-3-6-16-33)51-47(50-45)39-22-14-20-37(32-39)34-17-7-4-8-18-34;1-38(2)31-8-4-6-10-33(31)44(34-11-7-5-9-32(34)38)30-22-18-28(19-23-30)37-42-35(26-14-12-25(24-39)13-15-26)41-36(43-37)27-16-20-29(40-3)21-17-27;1-37(2)30-13-7-9-15-32(30)42(33-16-10-8-14-31(33)37)29-23-19-27(20-24-29)36-40-34(25-11-5-4-6-12-25)39-35(41-36)26-17-21-28(38-3)22-18-26/h3-32H,1-2H3;4-23H,1-2H3;4-24H,1-2H3. The van der Waals surface area contributed by atoms with Gasteiger partial charge in [0.2, 0.25) is 0 Å². The average Bonchev–Trinajstić information content (AvgIpc) is 0.733. The fourth-order valence-electron chi connectivity index (χ4n) is 19.0. The van der Waals surface area contributed by atoms with Crippen molar-refractivity contribution in [1.82, 2.24) is 44.9 Å². The third-order valence-electron chi connectivity index (χ3n) is 26.2. The molecule has 23 rings (SSSR count). The molecule has 0 radical (unpaired) electrons. The van der Waals surface area contributed by atoms with E-state index in [-0.39, 0.29) is 16.2 Å². The molecule has 138 heavy (non-hydrogen) atoms. The van der Waals surface area contributed by atoms with Crippen molar-refractivity contribution in [2.75, 3.05) is 14.7 Å². The van der Waals surface area contributed by atoms with Gasteiger partial charge in [0.1, 0.15) is 0 Å². The highest BCUT2D eigenvalue weighted by Gasteiger charge is 2.40. The quantitative estimate of drug-likeness (QED) is 0.0948. The molecule has 0 saturated heterocycles. The maximum Gasteiger partial charge on any atom is 0.187 e. The number of anilines is 9. The van der Waals surface area contributed by atoms with Crippen LogP contribution >= 0.6 is 0 Å². The predicted octanol–water partition coefficient (Wildman–Crippen LogP) is 31.3. The van der Waals surface area contributed by atoms with E-state index < -0.39 is 0 Å². The summed E-state index contributed by atoms with van der Waals surface area (Å²) in [4.78, 5) is 58.4. The van der Waals surface area contributed by atoms with E-state index in [0.717, 1.165) is 101 Å². The van der Waals surface area contributed by atoms with Crippen molar-refractivity contribution in [1.29, 1.82) is 5.26 Å². The van der Waals surface area contributed by atoms with E-state index >= 15 is 0 Å². The Balaban J connectivity index is 0.000000124. The molecule has 3 aliphatic heterocycles. The first-order valence-corrected chi connectivity index (χ1v) is 45.9. The van der Waals surface area contributed by atoms with Crippen LogP contribution in [0.4, 0.5) is 62.6 Å². The third kappa shape index (κ3) is 16.7. The summed E-state index contributed by atoms with van der Waals surface area (Å²) in [5.41, 5.74) is 31.8. The Morgan fingerprint density at radius 2 is 0.391 bits per heavy atom. The predicted molar refractivity (Wildman–Crippen MR) is 557 cm³/mol. The summed E-state index contributed by atoms with van der Waals surface area (Å²) in [5, 5.41) is 9.26. The average molecular weight is 1780 g/mol. The zero-order valence-electron chi connectivity index (χ0n) is 76.7. The van der Waals surface area contributed by atoms with Crippen molar-refractivity contribution in [3.8, 4) is 131 Å². The molecule has 15 nitrogen and oxygen atoms in total. The summed E-state index contributed by atoms with van der Waals surface area (Å²) in [6.07, 6.45) is 0. The number of fused-ring (bicyclic) bond motifs is 6. The number of nitriles is 1. The molecule has 0 N–H and O–H groups in total. The smallest absolute Gasteiger partial charge is 0.187 e. The molecule has 656 valence electrons. The van der Waals surface area contributed by atoms with Gasteiger partial charge in [-0.2, -0.15) is 5.26 Å². The lowest BCUT2D eigenvalue weighted by Gasteiger charge is -2.42. The number of aromatic nitrogens is 9. The van der Waals surface area contributed by atoms with Crippen molar-refractivity contribution < 1.29 is 0 Å². The molecule has 17 aromatic carbocycles. The van der Waals surface area contributed by atoms with E-state index in [1.165, 1.54) is 56.1 Å². The van der Waals surface area contributed by atoms with Gasteiger partial charge in [0.05, 0.1) is 58.9 Å². The van der Waals surface area contributed by atoms with E-state index in [1.807, 2.05) is 91.0 Å². The lowest BCUT2D eigenvalue weighted by Crippen LogP contribution is -2.30. The van der Waals surface area contributed by atoms with E-state index in [4.69, 9.17) is 58.0 Å². The molecule has 20 aromatic rings. The summed E-state index contributed by atoms with van der Waals surface area (Å²) in [6.45, 7) is 28.4. The van der Waals surface area contributed by atoms with Crippen LogP contribution in [0.15, 0.2) is 431 Å². The second-order valence-corrected chi connectivity index (χ2v) is 35.8. The SMILES string of the molecule is CC1(C)c2ccccc2N(c2ccc(-c3nc(-c4cccc(-c5ccccc5)c4)nc(-c4cccc(-c5ccccc5)c4)n3)cc2)c2ccccc21.[C-]#[N+]c1ccc(-c2nc(-c3ccc(C#N)cc3)nc(-c3ccc(N4c5ccccc5C(C)(C)c5ccccc54)cc3)n2)cc1.[C-]#[N+]c1ccc(-c2nc(-c3ccccc3)nc(-c3ccc(N4c5ccccc5C(C)(C)c5ccccc54)cc3)n2)cc1. The van der Waals surface area contributed by atoms with E-state index in [2.05, 4.69) is 375 Å². The van der Waals surface area contributed by atoms with Crippen LogP contribution < -0.4 is 14.7 Å². The Morgan fingerprint density at radius 1 is 0.203 bits per heavy atom. The number of hydrogen-bond donors (Lipinski definition) is 0. The lowest BCUT2D eigenvalue weighted by atomic mass is 9.73. The van der Waals surface area contributed by atoms with Crippen molar-refractivity contribution in [2.24, 2.45) is 0 Å². The first-order chi connectivity index (χ1) is 67.5. The van der Waals surface area contributed by atoms with Crippen molar-refractivity contribution in [2.45, 2.75) is 57.8 Å². The van der Waals surface area contributed by atoms with Crippen molar-refractivity contribution in [3.05, 3.63) is 492 Å². The van der Waals surface area contributed by atoms with Crippen LogP contribution in [0.1, 0.15) is 80.5 Å². The molecule has 15 heteroatoms. The minimum Gasteiger partial charge on any atom is -0.310 e. The van der Waals surface area contributed by atoms with Gasteiger partial charge >= 0.3 is 0 Å². The fraction of sp³-hybridized carbons (Fsp3) is 0.0732. The minimum atomic E-state index is -0.125. The van der Waals surface area contributed by atoms with Gasteiger partial charge in [-0.25, -0.2) is 54.5 Å². The molecule has 0 unspecified atom stereocenters. The van der Waals surface area contributed by atoms with Crippen LogP contribution in [0, 0.1) is 24.5 Å². The van der Waals surface area contributed by atoms with Crippen molar-refractivity contribution in [3.63, 3.8) is 0 Å². The normalized spacial score (nSPS) is 13.0. The molecule has 3 aromatic heterocycles. The maximum absolute atomic E-state index is 9.26. The monoisotopic (exact) mass is 1780 g/mol. The molecule has 0 fully saturated rings. The zero-order valence-corrected chi connectivity index (χ0v) is 76.7. The number of rotatable bonds is 14. The Morgan fingerprint density at radius 3 is 0.630 bits per heavy atom. The first kappa shape index (κ1) is 86.4. The molecule has 0 bridgehead atoms. The molecular formula is C123H89N15. The van der Waals surface area contributed by atoms with Gasteiger partial charge < -0.3 is 14.7 Å². The van der Waals surface area contributed by atoms with Gasteiger partial charge in [0.15, 0.2) is 63.8 Å². The van der Waals surface area contributed by atoms with E-state index in [1.54, 1.807) is 36.4 Å². The van der Waals surface area contributed by atoms with E-state index in [9.17, 15) is 5.26 Å². The van der Waals surface area contributed by atoms with Gasteiger partial charge in [-0.3, -0.25) is 0 Å².